The quantitative estimate of drug-likeness (QED) is 0.862. The lowest BCUT2D eigenvalue weighted by molar-refractivity contribution is -0.140. The van der Waals surface area contributed by atoms with Gasteiger partial charge in [-0.15, -0.1) is 0 Å². The van der Waals surface area contributed by atoms with Gasteiger partial charge in [0.05, 0.1) is 5.56 Å². The zero-order valence-corrected chi connectivity index (χ0v) is 10.1. The van der Waals surface area contributed by atoms with Crippen LogP contribution in [0.15, 0.2) is 24.5 Å². The number of nitrogens with zero attached hydrogens (tertiary/aromatic N) is 3. The number of hydrogen-bond acceptors (Lipinski definition) is 3. The fraction of sp³-hybridized carbons (Fsp3) is 0.182. The molecule has 2 rings (SSSR count). The van der Waals surface area contributed by atoms with Crippen LogP contribution < -0.4 is 5.32 Å². The van der Waals surface area contributed by atoms with Gasteiger partial charge in [-0.3, -0.25) is 10.1 Å². The maximum absolute atomic E-state index is 13.1. The van der Waals surface area contributed by atoms with E-state index in [1.165, 1.54) is 18.1 Å². The zero-order valence-electron chi connectivity index (χ0n) is 10.1. The van der Waals surface area contributed by atoms with Crippen LogP contribution in [0.5, 0.6) is 0 Å². The number of halogens is 4. The summed E-state index contributed by atoms with van der Waals surface area (Å²) < 4.78 is 51.9. The first-order chi connectivity index (χ1) is 9.29. The van der Waals surface area contributed by atoms with Crippen molar-refractivity contribution >= 4 is 11.9 Å². The second kappa shape index (κ2) is 4.91. The van der Waals surface area contributed by atoms with Gasteiger partial charge in [0.1, 0.15) is 12.1 Å². The topological polar surface area (TPSA) is 59.8 Å². The maximum Gasteiger partial charge on any atom is 0.419 e. The maximum atomic E-state index is 13.1. The predicted octanol–water partition coefficient (Wildman–Crippen LogP) is 2.23. The lowest BCUT2D eigenvalue weighted by Crippen LogP contribution is -2.17. The van der Waals surface area contributed by atoms with Gasteiger partial charge >= 0.3 is 6.18 Å². The second-order valence-corrected chi connectivity index (χ2v) is 3.85. The van der Waals surface area contributed by atoms with Crippen molar-refractivity contribution < 1.29 is 22.4 Å². The van der Waals surface area contributed by atoms with E-state index in [1.54, 1.807) is 0 Å². The monoisotopic (exact) mass is 288 g/mol. The molecule has 0 aliphatic carbocycles. The Labute approximate surface area is 110 Å². The molecule has 0 spiro atoms. The Morgan fingerprint density at radius 3 is 2.60 bits per heavy atom. The Balaban J connectivity index is 2.29. The van der Waals surface area contributed by atoms with Gasteiger partial charge in [0.2, 0.25) is 5.95 Å². The number of alkyl halides is 3. The summed E-state index contributed by atoms with van der Waals surface area (Å²) in [6.07, 6.45) is -3.70. The van der Waals surface area contributed by atoms with E-state index in [-0.39, 0.29) is 11.5 Å². The number of rotatable bonds is 2. The fourth-order valence-corrected chi connectivity index (χ4v) is 1.47. The number of carbonyl (C=O) groups is 1. The highest BCUT2D eigenvalue weighted by atomic mass is 19.4. The first-order valence-electron chi connectivity index (χ1n) is 5.31. The Morgan fingerprint density at radius 1 is 1.35 bits per heavy atom. The Bertz CT molecular complexity index is 650. The highest BCUT2D eigenvalue weighted by Crippen LogP contribution is 2.31. The summed E-state index contributed by atoms with van der Waals surface area (Å²) in [5, 5.41) is 5.95. The summed E-state index contributed by atoms with van der Waals surface area (Å²) in [5.41, 5.74) is -1.83. The van der Waals surface area contributed by atoms with Crippen LogP contribution in [-0.2, 0) is 13.2 Å². The van der Waals surface area contributed by atoms with Crippen molar-refractivity contribution in [1.82, 2.24) is 14.8 Å². The standard InChI is InChI=1S/C11H8F4N4O/c1-19-10(16-5-17-19)18-9(20)6-2-3-8(12)7(4-6)11(13,14)15/h2-5H,1H3,(H,16,17,18,20). The van der Waals surface area contributed by atoms with Crippen LogP contribution in [0.1, 0.15) is 15.9 Å². The van der Waals surface area contributed by atoms with Crippen molar-refractivity contribution in [3.05, 3.63) is 41.5 Å². The predicted molar refractivity (Wildman–Crippen MR) is 60.4 cm³/mol. The van der Waals surface area contributed by atoms with Gasteiger partial charge < -0.3 is 0 Å². The van der Waals surface area contributed by atoms with Gasteiger partial charge in [-0.25, -0.2) is 9.07 Å². The minimum atomic E-state index is -4.87. The molecule has 0 aliphatic rings. The molecular weight excluding hydrogens is 280 g/mol. The van der Waals surface area contributed by atoms with Gasteiger partial charge in [0.25, 0.3) is 5.91 Å². The summed E-state index contributed by atoms with van der Waals surface area (Å²) in [5.74, 6) is -2.22. The van der Waals surface area contributed by atoms with E-state index in [0.29, 0.717) is 12.1 Å². The lowest BCUT2D eigenvalue weighted by Gasteiger charge is -2.10. The van der Waals surface area contributed by atoms with E-state index < -0.39 is 23.5 Å². The SMILES string of the molecule is Cn1ncnc1NC(=O)c1ccc(F)c(C(F)(F)F)c1. The molecule has 1 aromatic carbocycles. The van der Waals surface area contributed by atoms with Crippen LogP contribution in [-0.4, -0.2) is 20.7 Å². The first-order valence-corrected chi connectivity index (χ1v) is 5.31. The van der Waals surface area contributed by atoms with E-state index in [9.17, 15) is 22.4 Å². The molecule has 0 unspecified atom stereocenters. The second-order valence-electron chi connectivity index (χ2n) is 3.85. The first kappa shape index (κ1) is 14.0. The van der Waals surface area contributed by atoms with E-state index in [4.69, 9.17) is 0 Å². The normalized spacial score (nSPS) is 11.4. The zero-order chi connectivity index (χ0) is 14.9. The van der Waals surface area contributed by atoms with Crippen LogP contribution in [0.2, 0.25) is 0 Å². The number of anilines is 1. The number of nitrogens with one attached hydrogen (secondary N) is 1. The molecule has 9 heteroatoms. The molecule has 1 heterocycles. The molecule has 1 aromatic heterocycles. The summed E-state index contributed by atoms with van der Waals surface area (Å²) in [4.78, 5) is 15.5. The smallest absolute Gasteiger partial charge is 0.291 e. The van der Waals surface area contributed by atoms with Crippen molar-refractivity contribution in [2.45, 2.75) is 6.18 Å². The molecule has 0 saturated carbocycles. The van der Waals surface area contributed by atoms with E-state index in [0.717, 1.165) is 6.07 Å². The summed E-state index contributed by atoms with van der Waals surface area (Å²) in [6, 6.07) is 1.99. The number of carbonyl (C=O) groups excluding carboxylic acids is 1. The minimum absolute atomic E-state index is 0.0629. The molecule has 0 saturated heterocycles. The molecule has 0 fully saturated rings. The van der Waals surface area contributed by atoms with Crippen molar-refractivity contribution in [3.63, 3.8) is 0 Å². The summed E-state index contributed by atoms with van der Waals surface area (Å²) in [6.45, 7) is 0. The third-order valence-corrected chi connectivity index (χ3v) is 2.47. The Kier molecular flexibility index (Phi) is 3.43. The highest BCUT2D eigenvalue weighted by molar-refractivity contribution is 6.03. The van der Waals surface area contributed by atoms with Crippen molar-refractivity contribution in [2.24, 2.45) is 7.05 Å². The number of benzene rings is 1. The molecule has 1 amide bonds. The van der Waals surface area contributed by atoms with Gasteiger partial charge in [0, 0.05) is 12.6 Å². The van der Waals surface area contributed by atoms with Crippen molar-refractivity contribution in [3.8, 4) is 0 Å². The van der Waals surface area contributed by atoms with E-state index in [2.05, 4.69) is 15.4 Å². The largest absolute Gasteiger partial charge is 0.419 e. The highest BCUT2D eigenvalue weighted by Gasteiger charge is 2.34. The number of aromatic nitrogens is 3. The Hall–Kier alpha value is -2.45. The van der Waals surface area contributed by atoms with Crippen molar-refractivity contribution in [2.75, 3.05) is 5.32 Å². The Morgan fingerprint density at radius 2 is 2.05 bits per heavy atom. The summed E-state index contributed by atoms with van der Waals surface area (Å²) >= 11 is 0. The number of hydrogen-bond donors (Lipinski definition) is 1. The van der Waals surface area contributed by atoms with E-state index >= 15 is 0 Å². The van der Waals surface area contributed by atoms with Crippen LogP contribution in [0.3, 0.4) is 0 Å². The molecule has 0 radical (unpaired) electrons. The van der Waals surface area contributed by atoms with Crippen LogP contribution >= 0.6 is 0 Å². The molecule has 0 aliphatic heterocycles. The molecule has 0 atom stereocenters. The minimum Gasteiger partial charge on any atom is -0.291 e. The molecule has 5 nitrogen and oxygen atoms in total. The average Bonchev–Trinajstić information content (AvgIpc) is 2.74. The van der Waals surface area contributed by atoms with Crippen LogP contribution in [0.4, 0.5) is 23.5 Å². The van der Waals surface area contributed by atoms with Gasteiger partial charge in [-0.2, -0.15) is 23.3 Å². The molecule has 106 valence electrons. The van der Waals surface area contributed by atoms with Gasteiger partial charge in [-0.1, -0.05) is 0 Å². The summed E-state index contributed by atoms with van der Waals surface area (Å²) in [7, 11) is 1.49. The van der Waals surface area contributed by atoms with Crippen LogP contribution in [0.25, 0.3) is 0 Å². The molecule has 0 bridgehead atoms. The third-order valence-electron chi connectivity index (χ3n) is 2.47. The lowest BCUT2D eigenvalue weighted by atomic mass is 10.1. The van der Waals surface area contributed by atoms with Gasteiger partial charge in [-0.05, 0) is 18.2 Å². The fourth-order valence-electron chi connectivity index (χ4n) is 1.47. The van der Waals surface area contributed by atoms with Crippen molar-refractivity contribution in [1.29, 1.82) is 0 Å². The molecule has 2 aromatic rings. The number of aryl methyl sites for hydroxylation is 1. The van der Waals surface area contributed by atoms with E-state index in [1.807, 2.05) is 0 Å². The molecule has 20 heavy (non-hydrogen) atoms. The number of amides is 1. The van der Waals surface area contributed by atoms with Crippen LogP contribution in [0, 0.1) is 5.82 Å². The molecular formula is C11H8F4N4O. The van der Waals surface area contributed by atoms with Gasteiger partial charge in [0.15, 0.2) is 0 Å². The average molecular weight is 288 g/mol. The molecule has 1 N–H and O–H groups in total. The third kappa shape index (κ3) is 2.76.